The monoisotopic (exact) mass is 470 g/mol. The number of piperidine rings is 1. The molecule has 1 saturated carbocycles. The average molecular weight is 471 g/mol. The largest absolute Gasteiger partial charge is 0.303 e. The zero-order chi connectivity index (χ0) is 23.2. The molecule has 6 heteroatoms. The number of hydrogen-bond donors (Lipinski definition) is 0. The third-order valence-corrected chi connectivity index (χ3v) is 7.72. The Morgan fingerprint density at radius 3 is 2.15 bits per heavy atom. The maximum atomic E-state index is 13.1. The zero-order valence-corrected chi connectivity index (χ0v) is 19.7. The van der Waals surface area contributed by atoms with Crippen molar-refractivity contribution in [1.29, 1.82) is 0 Å². The van der Waals surface area contributed by atoms with Crippen molar-refractivity contribution in [3.05, 3.63) is 71.5 Å². The molecule has 4 nitrogen and oxygen atoms in total. The van der Waals surface area contributed by atoms with Gasteiger partial charge in [-0.3, -0.25) is 9.59 Å². The van der Waals surface area contributed by atoms with Gasteiger partial charge in [0.1, 0.15) is 5.82 Å². The van der Waals surface area contributed by atoms with E-state index in [2.05, 4.69) is 4.90 Å². The van der Waals surface area contributed by atoms with E-state index in [9.17, 15) is 14.0 Å². The molecule has 1 amide bonds. The normalized spacial score (nSPS) is 22.1. The van der Waals surface area contributed by atoms with Crippen molar-refractivity contribution in [2.75, 3.05) is 19.6 Å². The smallest absolute Gasteiger partial charge is 0.268 e. The first-order valence-electron chi connectivity index (χ1n) is 12.1. The number of carbonyl (C=O) groups excluding carboxylic acids is 2. The molecule has 2 fully saturated rings. The molecule has 1 heterocycles. The molecule has 2 aliphatic rings. The topological polar surface area (TPSA) is 40.6 Å². The van der Waals surface area contributed by atoms with E-state index in [0.29, 0.717) is 17.0 Å². The van der Waals surface area contributed by atoms with Crippen LogP contribution >= 0.6 is 11.8 Å². The minimum atomic E-state index is -0.308. The van der Waals surface area contributed by atoms with Crippen molar-refractivity contribution in [3.63, 3.8) is 0 Å². The van der Waals surface area contributed by atoms with Gasteiger partial charge in [0.15, 0.2) is 5.78 Å². The highest BCUT2D eigenvalue weighted by Gasteiger charge is 2.30. The fourth-order valence-corrected chi connectivity index (χ4v) is 5.46. The minimum Gasteiger partial charge on any atom is -0.303 e. The van der Waals surface area contributed by atoms with Gasteiger partial charge in [0.2, 0.25) is 0 Å². The molecule has 0 radical (unpaired) electrons. The molecule has 1 aliphatic heterocycles. The molecule has 0 bridgehead atoms. The average Bonchev–Trinajstić information content (AvgIpc) is 2.88. The van der Waals surface area contributed by atoms with Gasteiger partial charge in [0.25, 0.3) is 5.91 Å². The molecule has 2 aromatic carbocycles. The zero-order valence-electron chi connectivity index (χ0n) is 19.0. The van der Waals surface area contributed by atoms with Crippen molar-refractivity contribution in [2.24, 2.45) is 11.8 Å². The summed E-state index contributed by atoms with van der Waals surface area (Å²) in [5, 5.41) is 0. The second kappa shape index (κ2) is 11.3. The first-order valence-corrected chi connectivity index (χ1v) is 12.4. The Hall–Kier alpha value is -2.24. The quantitative estimate of drug-likeness (QED) is 0.370. The van der Waals surface area contributed by atoms with Gasteiger partial charge in [0.05, 0.1) is 0 Å². The van der Waals surface area contributed by atoms with Gasteiger partial charge in [-0.1, -0.05) is 18.2 Å². The molecular formula is C27H32ClFN2O2. The van der Waals surface area contributed by atoms with Gasteiger partial charge >= 0.3 is 0 Å². The third kappa shape index (κ3) is 6.21. The lowest BCUT2D eigenvalue weighted by molar-refractivity contribution is 0.0779. The fourth-order valence-electron chi connectivity index (χ4n) is 5.16. The molecule has 1 saturated heterocycles. The SMILES string of the molecule is O=C(c1ccc(F)cc1)C1CCN(CCC2CCC(N(Cl)C(=O)c3ccccc3)CC2)CC1. The highest BCUT2D eigenvalue weighted by molar-refractivity contribution is 6.24. The van der Waals surface area contributed by atoms with Crippen LogP contribution in [0.2, 0.25) is 0 Å². The number of nitrogens with zero attached hydrogens (tertiary/aromatic N) is 2. The van der Waals surface area contributed by atoms with Crippen LogP contribution in [0.1, 0.15) is 65.7 Å². The van der Waals surface area contributed by atoms with Crippen LogP contribution in [0.15, 0.2) is 54.6 Å². The number of ketones is 1. The number of halogens is 2. The van der Waals surface area contributed by atoms with Crippen LogP contribution in [0.5, 0.6) is 0 Å². The molecular weight excluding hydrogens is 439 g/mol. The van der Waals surface area contributed by atoms with Crippen molar-refractivity contribution in [3.8, 4) is 0 Å². The highest BCUT2D eigenvalue weighted by atomic mass is 35.5. The lowest BCUT2D eigenvalue weighted by Crippen LogP contribution is -2.38. The van der Waals surface area contributed by atoms with Crippen LogP contribution in [0.25, 0.3) is 0 Å². The van der Waals surface area contributed by atoms with Gasteiger partial charge in [-0.15, -0.1) is 0 Å². The summed E-state index contributed by atoms with van der Waals surface area (Å²) in [6.07, 6.45) is 6.96. The van der Waals surface area contributed by atoms with Gasteiger partial charge < -0.3 is 4.90 Å². The Morgan fingerprint density at radius 1 is 0.879 bits per heavy atom. The maximum absolute atomic E-state index is 13.1. The number of amides is 1. The van der Waals surface area contributed by atoms with Gasteiger partial charge in [-0.05, 0) is 107 Å². The van der Waals surface area contributed by atoms with Crippen molar-refractivity contribution >= 4 is 23.5 Å². The lowest BCUT2D eigenvalue weighted by Gasteiger charge is -2.35. The van der Waals surface area contributed by atoms with E-state index in [0.717, 1.165) is 64.6 Å². The number of benzene rings is 2. The van der Waals surface area contributed by atoms with Crippen LogP contribution in [-0.2, 0) is 0 Å². The highest BCUT2D eigenvalue weighted by Crippen LogP contribution is 2.32. The van der Waals surface area contributed by atoms with E-state index in [1.54, 1.807) is 24.3 Å². The van der Waals surface area contributed by atoms with E-state index >= 15 is 0 Å². The van der Waals surface area contributed by atoms with Crippen LogP contribution in [0.4, 0.5) is 4.39 Å². The van der Waals surface area contributed by atoms with E-state index in [1.165, 1.54) is 16.6 Å². The Labute approximate surface area is 200 Å². The summed E-state index contributed by atoms with van der Waals surface area (Å²) in [4.78, 5) is 27.7. The minimum absolute atomic E-state index is 0.0407. The Morgan fingerprint density at radius 2 is 1.52 bits per heavy atom. The van der Waals surface area contributed by atoms with E-state index in [1.807, 2.05) is 18.2 Å². The van der Waals surface area contributed by atoms with E-state index in [-0.39, 0.29) is 29.5 Å². The summed E-state index contributed by atoms with van der Waals surface area (Å²) >= 11 is 6.41. The Bertz CT molecular complexity index is 921. The molecule has 4 rings (SSSR count). The van der Waals surface area contributed by atoms with Crippen LogP contribution in [0.3, 0.4) is 0 Å². The number of likely N-dealkylation sites (tertiary alicyclic amines) is 1. The van der Waals surface area contributed by atoms with Gasteiger partial charge in [-0.2, -0.15) is 0 Å². The molecule has 176 valence electrons. The van der Waals surface area contributed by atoms with Gasteiger partial charge in [0, 0.05) is 34.9 Å². The predicted molar refractivity (Wildman–Crippen MR) is 129 cm³/mol. The molecule has 0 aromatic heterocycles. The number of carbonyl (C=O) groups is 2. The number of rotatable bonds is 7. The summed E-state index contributed by atoms with van der Waals surface area (Å²) in [6.45, 7) is 2.93. The van der Waals surface area contributed by atoms with Crippen molar-refractivity contribution < 1.29 is 14.0 Å². The first-order chi connectivity index (χ1) is 16.0. The number of hydrogen-bond acceptors (Lipinski definition) is 3. The van der Waals surface area contributed by atoms with Crippen molar-refractivity contribution in [1.82, 2.24) is 9.32 Å². The van der Waals surface area contributed by atoms with Crippen molar-refractivity contribution in [2.45, 2.75) is 51.0 Å². The van der Waals surface area contributed by atoms with Crippen LogP contribution in [-0.4, -0.2) is 46.7 Å². The third-order valence-electron chi connectivity index (χ3n) is 7.29. The molecule has 33 heavy (non-hydrogen) atoms. The standard InChI is InChI=1S/C27H32ClFN2O2/c28-31(27(33)23-4-2-1-3-5-23)25-12-6-20(7-13-25)14-17-30-18-15-22(16-19-30)26(32)21-8-10-24(29)11-9-21/h1-5,8-11,20,22,25H,6-7,12-19H2. The summed E-state index contributed by atoms with van der Waals surface area (Å²) < 4.78 is 14.5. The van der Waals surface area contributed by atoms with Gasteiger partial charge in [-0.25, -0.2) is 8.81 Å². The van der Waals surface area contributed by atoms with Crippen LogP contribution in [0, 0.1) is 17.7 Å². The van der Waals surface area contributed by atoms with E-state index in [4.69, 9.17) is 11.8 Å². The summed E-state index contributed by atoms with van der Waals surface area (Å²) in [6, 6.07) is 15.2. The summed E-state index contributed by atoms with van der Waals surface area (Å²) in [7, 11) is 0. The Kier molecular flexibility index (Phi) is 8.15. The van der Waals surface area contributed by atoms with E-state index < -0.39 is 0 Å². The lowest BCUT2D eigenvalue weighted by atomic mass is 9.83. The molecule has 0 N–H and O–H groups in total. The second-order valence-corrected chi connectivity index (χ2v) is 9.80. The summed E-state index contributed by atoms with van der Waals surface area (Å²) in [5.41, 5.74) is 1.25. The molecule has 0 atom stereocenters. The van der Waals surface area contributed by atoms with Crippen LogP contribution < -0.4 is 0 Å². The second-order valence-electron chi connectivity index (χ2n) is 9.43. The molecule has 0 unspecified atom stereocenters. The Balaban J connectivity index is 1.16. The maximum Gasteiger partial charge on any atom is 0.268 e. The summed E-state index contributed by atoms with van der Waals surface area (Å²) in [5.74, 6) is 0.426. The fraction of sp³-hybridized carbons (Fsp3) is 0.481. The molecule has 2 aromatic rings. The number of Topliss-reactive ketones (excluding diaryl/α,β-unsaturated/α-hetero) is 1. The predicted octanol–water partition coefficient (Wildman–Crippen LogP) is 5.97. The molecule has 0 spiro atoms. The molecule has 1 aliphatic carbocycles. The first kappa shape index (κ1) is 23.9.